The van der Waals surface area contributed by atoms with Gasteiger partial charge in [0.25, 0.3) is 5.91 Å². The van der Waals surface area contributed by atoms with Crippen LogP contribution in [0.2, 0.25) is 0 Å². The first-order valence-corrected chi connectivity index (χ1v) is 10.1. The molecule has 0 fully saturated rings. The Kier molecular flexibility index (Phi) is 6.74. The summed E-state index contributed by atoms with van der Waals surface area (Å²) in [6.07, 6.45) is -0.00268. The molecular weight excluding hydrogens is 388 g/mol. The van der Waals surface area contributed by atoms with E-state index in [-0.39, 0.29) is 6.61 Å². The number of esters is 1. The van der Waals surface area contributed by atoms with E-state index in [2.05, 4.69) is 29.4 Å². The third-order valence-corrected chi connectivity index (χ3v) is 5.18. The number of nitrogens with one attached hydrogen (secondary N) is 1. The van der Waals surface area contributed by atoms with Crippen molar-refractivity contribution in [2.75, 3.05) is 5.32 Å². The van der Waals surface area contributed by atoms with E-state index in [4.69, 9.17) is 9.84 Å². The second-order valence-electron chi connectivity index (χ2n) is 6.48. The number of hydrogen-bond donors (Lipinski definition) is 2. The molecule has 1 aromatic heterocycles. The third kappa shape index (κ3) is 5.28. The second kappa shape index (κ2) is 9.45. The molecule has 0 aliphatic heterocycles. The molecule has 0 saturated carbocycles. The van der Waals surface area contributed by atoms with Gasteiger partial charge in [0.15, 0.2) is 11.2 Å². The molecule has 2 aromatic carbocycles. The quantitative estimate of drug-likeness (QED) is 0.574. The second-order valence-corrected chi connectivity index (χ2v) is 7.34. The van der Waals surface area contributed by atoms with Crippen molar-refractivity contribution < 1.29 is 19.4 Å². The molecular formula is C22H22N2O4S. The molecule has 29 heavy (non-hydrogen) atoms. The summed E-state index contributed by atoms with van der Waals surface area (Å²) < 4.78 is 5.22. The van der Waals surface area contributed by atoms with Crippen LogP contribution in [0.4, 0.5) is 5.13 Å². The lowest BCUT2D eigenvalue weighted by Gasteiger charge is -2.12. The Bertz CT molecular complexity index is 981. The Morgan fingerprint density at radius 1 is 1.10 bits per heavy atom. The minimum absolute atomic E-state index is 0.104. The number of hydrogen-bond acceptors (Lipinski definition) is 6. The molecule has 6 nitrogen and oxygen atoms in total. The van der Waals surface area contributed by atoms with Gasteiger partial charge in [-0.15, -0.1) is 11.3 Å². The van der Waals surface area contributed by atoms with Gasteiger partial charge in [0.05, 0.1) is 17.9 Å². The average molecular weight is 410 g/mol. The van der Waals surface area contributed by atoms with Gasteiger partial charge in [-0.2, -0.15) is 0 Å². The van der Waals surface area contributed by atoms with Crippen LogP contribution in [0.5, 0.6) is 0 Å². The summed E-state index contributed by atoms with van der Waals surface area (Å²) in [5, 5.41) is 14.1. The highest BCUT2D eigenvalue weighted by Crippen LogP contribution is 2.25. The number of thiazole rings is 1. The van der Waals surface area contributed by atoms with Crippen LogP contribution in [0.25, 0.3) is 11.3 Å². The highest BCUT2D eigenvalue weighted by Gasteiger charge is 2.20. The Morgan fingerprint density at radius 3 is 2.38 bits per heavy atom. The van der Waals surface area contributed by atoms with Crippen molar-refractivity contribution in [1.82, 2.24) is 4.98 Å². The van der Waals surface area contributed by atoms with Crippen LogP contribution in [0.15, 0.2) is 53.9 Å². The van der Waals surface area contributed by atoms with E-state index < -0.39 is 18.0 Å². The van der Waals surface area contributed by atoms with Crippen molar-refractivity contribution >= 4 is 28.3 Å². The number of aliphatic hydroxyl groups excluding tert-OH is 1. The smallest absolute Gasteiger partial charge is 0.338 e. The monoisotopic (exact) mass is 410 g/mol. The number of aliphatic hydroxyl groups is 1. The van der Waals surface area contributed by atoms with E-state index >= 15 is 0 Å². The number of ether oxygens (including phenoxy) is 1. The summed E-state index contributed by atoms with van der Waals surface area (Å²) in [5.41, 5.74) is 4.01. The number of aromatic nitrogens is 1. The number of rotatable bonds is 7. The van der Waals surface area contributed by atoms with Crippen LogP contribution in [0.3, 0.4) is 0 Å². The standard InChI is InChI=1S/C22H22N2O4S/c1-3-15-4-8-17(9-5-15)19-13-29-22(23-19)24-20(26)14(2)28-21(27)18-10-6-16(12-25)7-11-18/h4-11,13-14,25H,3,12H2,1-2H3,(H,23,24,26). The van der Waals surface area contributed by atoms with E-state index in [0.29, 0.717) is 16.3 Å². The Labute approximate surface area is 173 Å². The lowest BCUT2D eigenvalue weighted by atomic mass is 10.1. The maximum atomic E-state index is 12.4. The van der Waals surface area contributed by atoms with E-state index in [1.165, 1.54) is 23.8 Å². The first-order valence-electron chi connectivity index (χ1n) is 9.26. The van der Waals surface area contributed by atoms with E-state index in [1.807, 2.05) is 17.5 Å². The minimum atomic E-state index is -0.976. The number of carbonyl (C=O) groups is 2. The molecule has 7 heteroatoms. The molecule has 0 saturated heterocycles. The SMILES string of the molecule is CCc1ccc(-c2csc(NC(=O)C(C)OC(=O)c3ccc(CO)cc3)n2)cc1. The molecule has 0 radical (unpaired) electrons. The van der Waals surface area contributed by atoms with E-state index in [0.717, 1.165) is 17.7 Å². The fraction of sp³-hybridized carbons (Fsp3) is 0.227. The van der Waals surface area contributed by atoms with Gasteiger partial charge in [-0.1, -0.05) is 43.3 Å². The zero-order valence-electron chi connectivity index (χ0n) is 16.2. The van der Waals surface area contributed by atoms with Gasteiger partial charge in [0.2, 0.25) is 0 Å². The lowest BCUT2D eigenvalue weighted by Crippen LogP contribution is -2.30. The number of aryl methyl sites for hydroxylation is 1. The first kappa shape index (κ1) is 20.7. The van der Waals surface area contributed by atoms with Crippen LogP contribution in [0.1, 0.15) is 35.3 Å². The maximum absolute atomic E-state index is 12.4. The summed E-state index contributed by atoms with van der Waals surface area (Å²) >= 11 is 1.31. The molecule has 0 aliphatic carbocycles. The van der Waals surface area contributed by atoms with Gasteiger partial charge in [-0.25, -0.2) is 9.78 Å². The van der Waals surface area contributed by atoms with Crippen molar-refractivity contribution in [2.45, 2.75) is 33.0 Å². The summed E-state index contributed by atoms with van der Waals surface area (Å²) in [5.74, 6) is -1.06. The molecule has 1 amide bonds. The Balaban J connectivity index is 1.59. The van der Waals surface area contributed by atoms with Crippen LogP contribution in [0, 0.1) is 0 Å². The number of anilines is 1. The van der Waals surface area contributed by atoms with E-state index in [9.17, 15) is 9.59 Å². The van der Waals surface area contributed by atoms with Crippen LogP contribution in [-0.2, 0) is 22.6 Å². The molecule has 2 N–H and O–H groups in total. The topological polar surface area (TPSA) is 88.5 Å². The number of amides is 1. The Morgan fingerprint density at radius 2 is 1.76 bits per heavy atom. The zero-order valence-corrected chi connectivity index (χ0v) is 17.0. The molecule has 1 atom stereocenters. The first-order chi connectivity index (χ1) is 14.0. The van der Waals surface area contributed by atoms with Gasteiger partial charge < -0.3 is 9.84 Å². The predicted molar refractivity (Wildman–Crippen MR) is 113 cm³/mol. The van der Waals surface area contributed by atoms with Gasteiger partial charge in [-0.05, 0) is 36.6 Å². The molecule has 3 aromatic rings. The average Bonchev–Trinajstić information content (AvgIpc) is 3.22. The van der Waals surface area contributed by atoms with Crippen LogP contribution in [-0.4, -0.2) is 28.1 Å². The largest absolute Gasteiger partial charge is 0.449 e. The predicted octanol–water partition coefficient (Wildman–Crippen LogP) is 4.05. The molecule has 0 spiro atoms. The summed E-state index contributed by atoms with van der Waals surface area (Å²) in [7, 11) is 0. The fourth-order valence-electron chi connectivity index (χ4n) is 2.61. The summed E-state index contributed by atoms with van der Waals surface area (Å²) in [6.45, 7) is 3.50. The van der Waals surface area contributed by atoms with Gasteiger partial charge in [0.1, 0.15) is 0 Å². The number of nitrogens with zero attached hydrogens (tertiary/aromatic N) is 1. The molecule has 1 unspecified atom stereocenters. The van der Waals surface area contributed by atoms with Crippen molar-refractivity contribution in [3.05, 3.63) is 70.6 Å². The van der Waals surface area contributed by atoms with Crippen LogP contribution < -0.4 is 5.32 Å². The van der Waals surface area contributed by atoms with Crippen molar-refractivity contribution in [3.8, 4) is 11.3 Å². The summed E-state index contributed by atoms with van der Waals surface area (Å²) in [6, 6.07) is 14.5. The summed E-state index contributed by atoms with van der Waals surface area (Å²) in [4.78, 5) is 29.0. The normalized spacial score (nSPS) is 11.7. The minimum Gasteiger partial charge on any atom is -0.449 e. The number of carbonyl (C=O) groups excluding carboxylic acids is 2. The molecule has 0 bridgehead atoms. The number of benzene rings is 2. The highest BCUT2D eigenvalue weighted by molar-refractivity contribution is 7.14. The van der Waals surface area contributed by atoms with Crippen molar-refractivity contribution in [1.29, 1.82) is 0 Å². The van der Waals surface area contributed by atoms with Crippen LogP contribution >= 0.6 is 11.3 Å². The van der Waals surface area contributed by atoms with E-state index in [1.54, 1.807) is 24.3 Å². The molecule has 1 heterocycles. The van der Waals surface area contributed by atoms with Gasteiger partial charge in [0, 0.05) is 10.9 Å². The zero-order chi connectivity index (χ0) is 20.8. The molecule has 150 valence electrons. The highest BCUT2D eigenvalue weighted by atomic mass is 32.1. The van der Waals surface area contributed by atoms with Crippen molar-refractivity contribution in [3.63, 3.8) is 0 Å². The van der Waals surface area contributed by atoms with Gasteiger partial charge in [-0.3, -0.25) is 10.1 Å². The Hall–Kier alpha value is -3.03. The molecule has 0 aliphatic rings. The third-order valence-electron chi connectivity index (χ3n) is 4.42. The molecule has 3 rings (SSSR count). The van der Waals surface area contributed by atoms with Crippen molar-refractivity contribution in [2.24, 2.45) is 0 Å². The maximum Gasteiger partial charge on any atom is 0.338 e. The van der Waals surface area contributed by atoms with Gasteiger partial charge >= 0.3 is 5.97 Å². The fourth-order valence-corrected chi connectivity index (χ4v) is 3.33. The lowest BCUT2D eigenvalue weighted by molar-refractivity contribution is -0.123.